The third-order valence-electron chi connectivity index (χ3n) is 4.14. The summed E-state index contributed by atoms with van der Waals surface area (Å²) in [5.41, 5.74) is 1.18. The maximum atomic E-state index is 12.7. The van der Waals surface area contributed by atoms with Gasteiger partial charge in [0, 0.05) is 5.56 Å². The molecule has 0 aliphatic heterocycles. The molecule has 2 aromatic carbocycles. The zero-order valence-electron chi connectivity index (χ0n) is 17.3. The SMILES string of the molecule is COc1ccc(C(=O)Nc2cc(C(C)(C)C)cc(NS(C)(=O)=O)c2OC)cc1O. The van der Waals surface area contributed by atoms with E-state index in [0.717, 1.165) is 11.8 Å². The normalized spacial score (nSPS) is 11.7. The monoisotopic (exact) mass is 422 g/mol. The largest absolute Gasteiger partial charge is 0.504 e. The fraction of sp³-hybridized carbons (Fsp3) is 0.350. The number of anilines is 2. The third-order valence-corrected chi connectivity index (χ3v) is 4.73. The summed E-state index contributed by atoms with van der Waals surface area (Å²) in [5, 5.41) is 12.7. The molecule has 0 unspecified atom stereocenters. The van der Waals surface area contributed by atoms with Crippen molar-refractivity contribution in [2.75, 3.05) is 30.5 Å². The molecule has 0 radical (unpaired) electrons. The Morgan fingerprint density at radius 1 is 1.03 bits per heavy atom. The molecule has 0 saturated carbocycles. The van der Waals surface area contributed by atoms with Gasteiger partial charge >= 0.3 is 0 Å². The van der Waals surface area contributed by atoms with Crippen molar-refractivity contribution < 1.29 is 27.8 Å². The van der Waals surface area contributed by atoms with Crippen molar-refractivity contribution in [1.29, 1.82) is 0 Å². The predicted octanol–water partition coefficient (Wildman–Crippen LogP) is 3.33. The van der Waals surface area contributed by atoms with E-state index in [0.29, 0.717) is 5.69 Å². The van der Waals surface area contributed by atoms with Crippen LogP contribution in [-0.2, 0) is 15.4 Å². The van der Waals surface area contributed by atoms with Gasteiger partial charge in [-0.15, -0.1) is 0 Å². The molecule has 0 heterocycles. The number of benzene rings is 2. The summed E-state index contributed by atoms with van der Waals surface area (Å²) in [6.45, 7) is 5.89. The van der Waals surface area contributed by atoms with Gasteiger partial charge in [0.1, 0.15) is 0 Å². The number of sulfonamides is 1. The van der Waals surface area contributed by atoms with Crippen LogP contribution in [0.1, 0.15) is 36.7 Å². The number of carbonyl (C=O) groups is 1. The van der Waals surface area contributed by atoms with E-state index >= 15 is 0 Å². The van der Waals surface area contributed by atoms with Crippen molar-refractivity contribution in [1.82, 2.24) is 0 Å². The summed E-state index contributed by atoms with van der Waals surface area (Å²) in [6, 6.07) is 7.67. The number of amides is 1. The maximum Gasteiger partial charge on any atom is 0.255 e. The van der Waals surface area contributed by atoms with Crippen molar-refractivity contribution in [3.8, 4) is 17.2 Å². The molecule has 0 atom stereocenters. The summed E-state index contributed by atoms with van der Waals surface area (Å²) < 4.78 is 36.4. The van der Waals surface area contributed by atoms with Gasteiger partial charge in [0.2, 0.25) is 10.0 Å². The second-order valence-corrected chi connectivity index (χ2v) is 9.32. The van der Waals surface area contributed by atoms with Crippen molar-refractivity contribution in [3.63, 3.8) is 0 Å². The minimum atomic E-state index is -3.57. The van der Waals surface area contributed by atoms with Gasteiger partial charge in [-0.1, -0.05) is 20.8 Å². The Labute approximate surface area is 170 Å². The van der Waals surface area contributed by atoms with Gasteiger partial charge in [-0.3, -0.25) is 9.52 Å². The van der Waals surface area contributed by atoms with E-state index in [1.165, 1.54) is 32.4 Å². The van der Waals surface area contributed by atoms with Crippen molar-refractivity contribution in [2.45, 2.75) is 26.2 Å². The molecule has 0 spiro atoms. The first kappa shape index (κ1) is 22.4. The number of ether oxygens (including phenoxy) is 2. The minimum Gasteiger partial charge on any atom is -0.504 e. The maximum absolute atomic E-state index is 12.7. The molecule has 0 aliphatic carbocycles. The number of rotatable bonds is 6. The summed E-state index contributed by atoms with van der Waals surface area (Å²) in [5.74, 6) is -0.254. The highest BCUT2D eigenvalue weighted by molar-refractivity contribution is 7.92. The molecule has 2 aromatic rings. The van der Waals surface area contributed by atoms with Gasteiger partial charge in [0.05, 0.1) is 31.9 Å². The van der Waals surface area contributed by atoms with E-state index < -0.39 is 15.9 Å². The molecule has 1 amide bonds. The summed E-state index contributed by atoms with van der Waals surface area (Å²) in [7, 11) is -0.778. The van der Waals surface area contributed by atoms with Gasteiger partial charge in [-0.2, -0.15) is 0 Å². The lowest BCUT2D eigenvalue weighted by atomic mass is 9.86. The van der Waals surface area contributed by atoms with Crippen LogP contribution < -0.4 is 19.5 Å². The molecular formula is C20H26N2O6S. The molecule has 0 bridgehead atoms. The summed E-state index contributed by atoms with van der Waals surface area (Å²) in [4.78, 5) is 12.7. The van der Waals surface area contributed by atoms with Crippen molar-refractivity contribution >= 4 is 27.3 Å². The zero-order chi connectivity index (χ0) is 22.0. The number of hydrogen-bond donors (Lipinski definition) is 3. The van der Waals surface area contributed by atoms with Crippen LogP contribution in [0.2, 0.25) is 0 Å². The molecule has 0 aromatic heterocycles. The molecular weight excluding hydrogens is 396 g/mol. The first-order valence-corrected chi connectivity index (χ1v) is 10.6. The third kappa shape index (κ3) is 5.54. The quantitative estimate of drug-likeness (QED) is 0.658. The van der Waals surface area contributed by atoms with Gasteiger partial charge in [-0.25, -0.2) is 8.42 Å². The number of methoxy groups -OCH3 is 2. The fourth-order valence-corrected chi connectivity index (χ4v) is 3.23. The molecule has 9 heteroatoms. The Bertz CT molecular complexity index is 1030. The summed E-state index contributed by atoms with van der Waals surface area (Å²) >= 11 is 0. The highest BCUT2D eigenvalue weighted by atomic mass is 32.2. The standard InChI is InChI=1S/C20H26N2O6S/c1-20(2,3)13-10-14(18(28-5)15(11-13)22-29(6,25)26)21-19(24)12-7-8-17(27-4)16(23)9-12/h7-11,22-23H,1-6H3,(H,21,24). The molecule has 2 rings (SSSR count). The van der Waals surface area contributed by atoms with E-state index in [4.69, 9.17) is 9.47 Å². The van der Waals surface area contributed by atoms with Crippen LogP contribution in [0.25, 0.3) is 0 Å². The number of aromatic hydroxyl groups is 1. The number of phenolic OH excluding ortho intramolecular Hbond substituents is 1. The van der Waals surface area contributed by atoms with Gasteiger partial charge in [-0.05, 0) is 41.3 Å². The van der Waals surface area contributed by atoms with E-state index in [2.05, 4.69) is 10.0 Å². The van der Waals surface area contributed by atoms with Crippen LogP contribution in [0, 0.1) is 0 Å². The van der Waals surface area contributed by atoms with Crippen LogP contribution in [0.5, 0.6) is 17.2 Å². The topological polar surface area (TPSA) is 114 Å². The van der Waals surface area contributed by atoms with Gasteiger partial charge in [0.15, 0.2) is 17.2 Å². The highest BCUT2D eigenvalue weighted by Gasteiger charge is 2.22. The van der Waals surface area contributed by atoms with E-state index in [1.807, 2.05) is 20.8 Å². The second kappa shape index (κ2) is 8.20. The van der Waals surface area contributed by atoms with E-state index in [-0.39, 0.29) is 33.9 Å². The molecule has 3 N–H and O–H groups in total. The van der Waals surface area contributed by atoms with E-state index in [1.54, 1.807) is 12.1 Å². The fourth-order valence-electron chi connectivity index (χ4n) is 2.68. The lowest BCUT2D eigenvalue weighted by Crippen LogP contribution is -2.18. The first-order valence-electron chi connectivity index (χ1n) is 8.74. The molecule has 0 aliphatic rings. The highest BCUT2D eigenvalue weighted by Crippen LogP contribution is 2.39. The molecule has 158 valence electrons. The second-order valence-electron chi connectivity index (χ2n) is 7.57. The lowest BCUT2D eigenvalue weighted by molar-refractivity contribution is 0.102. The van der Waals surface area contributed by atoms with E-state index in [9.17, 15) is 18.3 Å². The molecule has 0 fully saturated rings. The number of phenols is 1. The van der Waals surface area contributed by atoms with Crippen LogP contribution in [-0.4, -0.2) is 39.9 Å². The Hall–Kier alpha value is -2.94. The Balaban J connectivity index is 2.53. The Morgan fingerprint density at radius 2 is 1.66 bits per heavy atom. The minimum absolute atomic E-state index is 0.171. The van der Waals surface area contributed by atoms with Crippen LogP contribution in [0.4, 0.5) is 11.4 Å². The summed E-state index contributed by atoms with van der Waals surface area (Å²) in [6.07, 6.45) is 1.04. The molecule has 8 nitrogen and oxygen atoms in total. The average Bonchev–Trinajstić information content (AvgIpc) is 2.59. The number of carbonyl (C=O) groups excluding carboxylic acids is 1. The smallest absolute Gasteiger partial charge is 0.255 e. The number of hydrogen-bond acceptors (Lipinski definition) is 6. The first-order chi connectivity index (χ1) is 13.4. The van der Waals surface area contributed by atoms with Gasteiger partial charge in [0.25, 0.3) is 5.91 Å². The van der Waals surface area contributed by atoms with Crippen molar-refractivity contribution in [3.05, 3.63) is 41.5 Å². The molecule has 29 heavy (non-hydrogen) atoms. The molecule has 0 saturated heterocycles. The zero-order valence-corrected chi connectivity index (χ0v) is 18.1. The van der Waals surface area contributed by atoms with Gasteiger partial charge < -0.3 is 19.9 Å². The van der Waals surface area contributed by atoms with Crippen molar-refractivity contribution in [2.24, 2.45) is 0 Å². The number of nitrogens with one attached hydrogen (secondary N) is 2. The van der Waals surface area contributed by atoms with Crippen LogP contribution in [0.15, 0.2) is 30.3 Å². The Kier molecular flexibility index (Phi) is 6.32. The average molecular weight is 423 g/mol. The van der Waals surface area contributed by atoms with Crippen LogP contribution >= 0.6 is 0 Å². The van der Waals surface area contributed by atoms with Crippen LogP contribution in [0.3, 0.4) is 0 Å². The predicted molar refractivity (Wildman–Crippen MR) is 113 cm³/mol. The lowest BCUT2D eigenvalue weighted by Gasteiger charge is -2.24. The Morgan fingerprint density at radius 3 is 2.14 bits per heavy atom.